The number of hydrogen-bond acceptors (Lipinski definition) is 1. The smallest absolute Gasteiger partial charge is 0.126 e. The Balaban J connectivity index is 2.24. The van der Waals surface area contributed by atoms with Crippen LogP contribution in [0.5, 0.6) is 0 Å². The van der Waals surface area contributed by atoms with Crippen LogP contribution in [0, 0.1) is 5.82 Å². The van der Waals surface area contributed by atoms with E-state index in [-0.39, 0.29) is 5.82 Å². The number of hydrogen-bond donors (Lipinski definition) is 1. The summed E-state index contributed by atoms with van der Waals surface area (Å²) in [5.41, 5.74) is 8.46. The molecule has 0 aromatic heterocycles. The Labute approximate surface area is 94.7 Å². The van der Waals surface area contributed by atoms with Gasteiger partial charge in [0.2, 0.25) is 0 Å². The number of nitrogens with two attached hydrogens (primary N) is 1. The molecule has 2 aromatic carbocycles. The Morgan fingerprint density at radius 2 is 1.69 bits per heavy atom. The molecule has 2 aromatic rings. The zero-order valence-corrected chi connectivity index (χ0v) is 8.99. The van der Waals surface area contributed by atoms with Crippen molar-refractivity contribution in [1.82, 2.24) is 0 Å². The van der Waals surface area contributed by atoms with E-state index in [0.29, 0.717) is 13.0 Å². The second-order valence-electron chi connectivity index (χ2n) is 3.79. The summed E-state index contributed by atoms with van der Waals surface area (Å²) in [6, 6.07) is 14.8. The third kappa shape index (κ3) is 2.47. The summed E-state index contributed by atoms with van der Waals surface area (Å²) in [4.78, 5) is 0. The van der Waals surface area contributed by atoms with E-state index in [1.54, 1.807) is 6.07 Å². The molecule has 0 spiro atoms. The van der Waals surface area contributed by atoms with Crippen molar-refractivity contribution < 1.29 is 4.39 Å². The minimum Gasteiger partial charge on any atom is -0.326 e. The van der Waals surface area contributed by atoms with E-state index < -0.39 is 0 Å². The van der Waals surface area contributed by atoms with Crippen LogP contribution >= 0.6 is 0 Å². The van der Waals surface area contributed by atoms with Crippen molar-refractivity contribution in [2.45, 2.75) is 13.0 Å². The maximum atomic E-state index is 13.4. The van der Waals surface area contributed by atoms with E-state index in [4.69, 9.17) is 5.73 Å². The van der Waals surface area contributed by atoms with Crippen LogP contribution in [0.25, 0.3) is 0 Å². The lowest BCUT2D eigenvalue weighted by atomic mass is 10.0. The summed E-state index contributed by atoms with van der Waals surface area (Å²) < 4.78 is 13.4. The van der Waals surface area contributed by atoms with Crippen molar-refractivity contribution >= 4 is 0 Å². The van der Waals surface area contributed by atoms with Crippen LogP contribution in [0.4, 0.5) is 4.39 Å². The molecule has 2 N–H and O–H groups in total. The summed E-state index contributed by atoms with van der Waals surface area (Å²) in [6.45, 7) is 0.519. The molecule has 0 radical (unpaired) electrons. The fraction of sp³-hybridized carbons (Fsp3) is 0.143. The molecule has 2 heteroatoms. The Morgan fingerprint density at radius 3 is 2.44 bits per heavy atom. The first kappa shape index (κ1) is 10.8. The van der Waals surface area contributed by atoms with Crippen LogP contribution in [0.1, 0.15) is 16.7 Å². The van der Waals surface area contributed by atoms with Gasteiger partial charge in [0.1, 0.15) is 5.82 Å². The van der Waals surface area contributed by atoms with Gasteiger partial charge in [-0.15, -0.1) is 0 Å². The first-order chi connectivity index (χ1) is 7.79. The highest BCUT2D eigenvalue weighted by molar-refractivity contribution is 5.30. The molecular formula is C14H14FN. The molecule has 82 valence electrons. The van der Waals surface area contributed by atoms with Crippen molar-refractivity contribution in [3.8, 4) is 0 Å². The summed E-state index contributed by atoms with van der Waals surface area (Å²) in [5.74, 6) is -0.152. The lowest BCUT2D eigenvalue weighted by Crippen LogP contribution is -1.98. The lowest BCUT2D eigenvalue weighted by Gasteiger charge is -2.05. The number of benzene rings is 2. The molecule has 0 saturated heterocycles. The van der Waals surface area contributed by atoms with Crippen LogP contribution in [-0.4, -0.2) is 0 Å². The molecule has 0 bridgehead atoms. The van der Waals surface area contributed by atoms with Gasteiger partial charge in [0.25, 0.3) is 0 Å². The molecule has 0 saturated carbocycles. The summed E-state index contributed by atoms with van der Waals surface area (Å²) in [5, 5.41) is 0. The average molecular weight is 215 g/mol. The van der Waals surface area contributed by atoms with Crippen LogP contribution < -0.4 is 5.73 Å². The standard InChI is InChI=1S/C14H14FN/c15-14-7-2-1-6-13(14)9-11-4-3-5-12(8-11)10-16/h1-8H,9-10,16H2. The van der Waals surface area contributed by atoms with E-state index >= 15 is 0 Å². The van der Waals surface area contributed by atoms with Crippen molar-refractivity contribution in [3.63, 3.8) is 0 Å². The Morgan fingerprint density at radius 1 is 0.938 bits per heavy atom. The molecule has 0 heterocycles. The van der Waals surface area contributed by atoms with Crippen molar-refractivity contribution in [3.05, 3.63) is 71.0 Å². The third-order valence-electron chi connectivity index (χ3n) is 2.58. The summed E-state index contributed by atoms with van der Waals surface area (Å²) in [6.07, 6.45) is 0.612. The van der Waals surface area contributed by atoms with Crippen molar-refractivity contribution in [2.75, 3.05) is 0 Å². The van der Waals surface area contributed by atoms with E-state index in [1.807, 2.05) is 36.4 Å². The molecule has 1 nitrogen and oxygen atoms in total. The van der Waals surface area contributed by atoms with Gasteiger partial charge < -0.3 is 5.73 Å². The van der Waals surface area contributed by atoms with Crippen molar-refractivity contribution in [1.29, 1.82) is 0 Å². The second-order valence-corrected chi connectivity index (χ2v) is 3.79. The Bertz CT molecular complexity index is 480. The van der Waals surface area contributed by atoms with Gasteiger partial charge in [-0.2, -0.15) is 0 Å². The molecule has 0 amide bonds. The quantitative estimate of drug-likeness (QED) is 0.837. The monoisotopic (exact) mass is 215 g/mol. The molecular weight excluding hydrogens is 201 g/mol. The van der Waals surface area contributed by atoms with Gasteiger partial charge in [-0.1, -0.05) is 42.5 Å². The maximum Gasteiger partial charge on any atom is 0.126 e. The van der Waals surface area contributed by atoms with E-state index in [9.17, 15) is 4.39 Å². The minimum atomic E-state index is -0.152. The molecule has 16 heavy (non-hydrogen) atoms. The predicted octanol–water partition coefficient (Wildman–Crippen LogP) is 2.88. The molecule has 0 aliphatic heterocycles. The van der Waals surface area contributed by atoms with E-state index in [1.165, 1.54) is 6.07 Å². The fourth-order valence-corrected chi connectivity index (χ4v) is 1.73. The SMILES string of the molecule is NCc1cccc(Cc2ccccc2F)c1. The van der Waals surface area contributed by atoms with Crippen molar-refractivity contribution in [2.24, 2.45) is 5.73 Å². The van der Waals surface area contributed by atoms with Gasteiger partial charge in [-0.3, -0.25) is 0 Å². The second kappa shape index (κ2) is 4.90. The zero-order valence-electron chi connectivity index (χ0n) is 8.99. The van der Waals surface area contributed by atoms with Crippen LogP contribution in [0.2, 0.25) is 0 Å². The Kier molecular flexibility index (Phi) is 3.32. The van der Waals surface area contributed by atoms with Gasteiger partial charge in [-0.05, 0) is 22.8 Å². The van der Waals surface area contributed by atoms with E-state index in [2.05, 4.69) is 0 Å². The van der Waals surface area contributed by atoms with Gasteiger partial charge in [0, 0.05) is 13.0 Å². The molecule has 0 fully saturated rings. The highest BCUT2D eigenvalue weighted by atomic mass is 19.1. The number of rotatable bonds is 3. The molecule has 0 atom stereocenters. The van der Waals surface area contributed by atoms with Gasteiger partial charge in [-0.25, -0.2) is 4.39 Å². The molecule has 0 aliphatic rings. The topological polar surface area (TPSA) is 26.0 Å². The maximum absolute atomic E-state index is 13.4. The van der Waals surface area contributed by atoms with Gasteiger partial charge >= 0.3 is 0 Å². The number of halogens is 1. The van der Waals surface area contributed by atoms with E-state index in [0.717, 1.165) is 16.7 Å². The molecule has 2 rings (SSSR count). The third-order valence-corrected chi connectivity index (χ3v) is 2.58. The summed E-state index contributed by atoms with van der Waals surface area (Å²) >= 11 is 0. The Hall–Kier alpha value is -1.67. The van der Waals surface area contributed by atoms with Crippen LogP contribution in [-0.2, 0) is 13.0 Å². The highest BCUT2D eigenvalue weighted by Gasteiger charge is 2.02. The highest BCUT2D eigenvalue weighted by Crippen LogP contribution is 2.14. The molecule has 0 aliphatic carbocycles. The van der Waals surface area contributed by atoms with Crippen LogP contribution in [0.3, 0.4) is 0 Å². The van der Waals surface area contributed by atoms with Crippen LogP contribution in [0.15, 0.2) is 48.5 Å². The fourth-order valence-electron chi connectivity index (χ4n) is 1.73. The zero-order chi connectivity index (χ0) is 11.4. The minimum absolute atomic E-state index is 0.152. The lowest BCUT2D eigenvalue weighted by molar-refractivity contribution is 0.614. The van der Waals surface area contributed by atoms with Gasteiger partial charge in [0.15, 0.2) is 0 Å². The average Bonchev–Trinajstić information content (AvgIpc) is 2.32. The molecule has 0 unspecified atom stereocenters. The largest absolute Gasteiger partial charge is 0.326 e. The first-order valence-electron chi connectivity index (χ1n) is 5.31. The first-order valence-corrected chi connectivity index (χ1v) is 5.31. The predicted molar refractivity (Wildman–Crippen MR) is 63.5 cm³/mol. The van der Waals surface area contributed by atoms with Gasteiger partial charge in [0.05, 0.1) is 0 Å². The summed E-state index contributed by atoms with van der Waals surface area (Å²) in [7, 11) is 0. The normalized spacial score (nSPS) is 10.4.